The van der Waals surface area contributed by atoms with Crippen molar-refractivity contribution < 1.29 is 4.74 Å². The second kappa shape index (κ2) is 8.58. The van der Waals surface area contributed by atoms with Gasteiger partial charge < -0.3 is 15.4 Å². The Hall–Kier alpha value is -3.22. The molecule has 0 fully saturated rings. The van der Waals surface area contributed by atoms with E-state index in [0.717, 1.165) is 29.8 Å². The first-order valence-corrected chi connectivity index (χ1v) is 8.03. The number of rotatable bonds is 8. The van der Waals surface area contributed by atoms with Crippen molar-refractivity contribution in [3.05, 3.63) is 66.1 Å². The number of aromatic nitrogens is 4. The van der Waals surface area contributed by atoms with Gasteiger partial charge in [0, 0.05) is 25.5 Å². The first kappa shape index (κ1) is 16.6. The molecule has 0 atom stereocenters. The molecule has 2 N–H and O–H groups in total. The summed E-state index contributed by atoms with van der Waals surface area (Å²) in [5, 5.41) is 14.4. The first-order valence-electron chi connectivity index (χ1n) is 8.03. The van der Waals surface area contributed by atoms with Crippen molar-refractivity contribution in [3.8, 4) is 5.75 Å². The zero-order chi connectivity index (χ0) is 17.3. The highest BCUT2D eigenvalue weighted by molar-refractivity contribution is 5.39. The lowest BCUT2D eigenvalue weighted by Crippen LogP contribution is -2.10. The molecule has 0 saturated heterocycles. The zero-order valence-corrected chi connectivity index (χ0v) is 14.0. The van der Waals surface area contributed by atoms with E-state index in [1.54, 1.807) is 25.7 Å². The number of anilines is 2. The van der Waals surface area contributed by atoms with Crippen LogP contribution in [0.5, 0.6) is 5.75 Å². The van der Waals surface area contributed by atoms with Crippen molar-refractivity contribution in [1.82, 2.24) is 20.2 Å². The van der Waals surface area contributed by atoms with Crippen molar-refractivity contribution in [3.63, 3.8) is 0 Å². The summed E-state index contributed by atoms with van der Waals surface area (Å²) in [6, 6.07) is 11.9. The van der Waals surface area contributed by atoms with E-state index in [1.807, 2.05) is 30.3 Å². The molecule has 0 aliphatic carbocycles. The molecule has 0 aliphatic heterocycles. The molecule has 2 aromatic heterocycles. The molecule has 2 heterocycles. The van der Waals surface area contributed by atoms with Crippen LogP contribution in [-0.4, -0.2) is 33.8 Å². The summed E-state index contributed by atoms with van der Waals surface area (Å²) in [5.41, 5.74) is 2.25. The minimum absolute atomic E-state index is 0.485. The monoisotopic (exact) mass is 336 g/mol. The van der Waals surface area contributed by atoms with Gasteiger partial charge >= 0.3 is 0 Å². The molecule has 0 radical (unpaired) electrons. The molecule has 7 heteroatoms. The molecule has 0 aliphatic rings. The van der Waals surface area contributed by atoms with Crippen molar-refractivity contribution in [2.24, 2.45) is 0 Å². The molecular weight excluding hydrogens is 316 g/mol. The van der Waals surface area contributed by atoms with E-state index in [1.165, 1.54) is 0 Å². The van der Waals surface area contributed by atoms with Crippen LogP contribution in [0.4, 0.5) is 11.8 Å². The third-order valence-corrected chi connectivity index (χ3v) is 3.65. The summed E-state index contributed by atoms with van der Waals surface area (Å²) in [6.45, 7) is 1.34. The smallest absolute Gasteiger partial charge is 0.244 e. The number of benzene rings is 1. The maximum atomic E-state index is 5.36. The van der Waals surface area contributed by atoms with Gasteiger partial charge in [-0.3, -0.25) is 4.98 Å². The van der Waals surface area contributed by atoms with Gasteiger partial charge in [-0.05, 0) is 35.7 Å². The lowest BCUT2D eigenvalue weighted by Gasteiger charge is -2.10. The summed E-state index contributed by atoms with van der Waals surface area (Å²) in [4.78, 5) is 8.41. The molecule has 7 nitrogen and oxygen atoms in total. The fourth-order valence-corrected chi connectivity index (χ4v) is 2.38. The molecule has 0 amide bonds. The van der Waals surface area contributed by atoms with E-state index < -0.39 is 0 Å². The Kier molecular flexibility index (Phi) is 5.71. The van der Waals surface area contributed by atoms with E-state index in [9.17, 15) is 0 Å². The summed E-state index contributed by atoms with van der Waals surface area (Å²) < 4.78 is 5.36. The van der Waals surface area contributed by atoms with E-state index in [2.05, 4.69) is 36.9 Å². The summed E-state index contributed by atoms with van der Waals surface area (Å²) in [6.07, 6.45) is 5.95. The van der Waals surface area contributed by atoms with Gasteiger partial charge in [-0.1, -0.05) is 18.2 Å². The van der Waals surface area contributed by atoms with Crippen molar-refractivity contribution in [1.29, 1.82) is 0 Å². The highest BCUT2D eigenvalue weighted by Crippen LogP contribution is 2.17. The molecule has 0 unspecified atom stereocenters. The Morgan fingerprint density at radius 3 is 2.72 bits per heavy atom. The Labute approximate surface area is 146 Å². The van der Waals surface area contributed by atoms with E-state index in [0.29, 0.717) is 18.3 Å². The maximum Gasteiger partial charge on any atom is 0.244 e. The highest BCUT2D eigenvalue weighted by Gasteiger charge is 2.03. The second-order valence-corrected chi connectivity index (χ2v) is 5.36. The zero-order valence-electron chi connectivity index (χ0n) is 14.0. The number of nitrogens with one attached hydrogen (secondary N) is 2. The number of hydrogen-bond acceptors (Lipinski definition) is 7. The summed E-state index contributed by atoms with van der Waals surface area (Å²) >= 11 is 0. The third kappa shape index (κ3) is 4.87. The third-order valence-electron chi connectivity index (χ3n) is 3.65. The fraction of sp³-hybridized carbons (Fsp3) is 0.222. The van der Waals surface area contributed by atoms with Gasteiger partial charge in [0.05, 0.1) is 13.3 Å². The predicted octanol–water partition coefficient (Wildman–Crippen LogP) is 2.54. The number of para-hydroxylation sites is 1. The average molecular weight is 336 g/mol. The quantitative estimate of drug-likeness (QED) is 0.654. The van der Waals surface area contributed by atoms with Crippen LogP contribution >= 0.6 is 0 Å². The summed E-state index contributed by atoms with van der Waals surface area (Å²) in [7, 11) is 1.68. The van der Waals surface area contributed by atoms with Crippen molar-refractivity contribution in [2.45, 2.75) is 13.0 Å². The summed E-state index contributed by atoms with van der Waals surface area (Å²) in [5.74, 6) is 2.06. The van der Waals surface area contributed by atoms with Gasteiger partial charge in [-0.25, -0.2) is 0 Å². The van der Waals surface area contributed by atoms with Crippen molar-refractivity contribution in [2.75, 3.05) is 24.3 Å². The second-order valence-electron chi connectivity index (χ2n) is 5.36. The average Bonchev–Trinajstić information content (AvgIpc) is 2.68. The Balaban J connectivity index is 1.53. The normalized spacial score (nSPS) is 10.3. The number of ether oxygens (including phenoxy) is 1. The molecule has 25 heavy (non-hydrogen) atoms. The van der Waals surface area contributed by atoms with Crippen LogP contribution in [-0.2, 0) is 13.0 Å². The van der Waals surface area contributed by atoms with Crippen LogP contribution < -0.4 is 15.4 Å². The predicted molar refractivity (Wildman–Crippen MR) is 96.6 cm³/mol. The van der Waals surface area contributed by atoms with Gasteiger partial charge in [0.1, 0.15) is 5.75 Å². The molecule has 0 bridgehead atoms. The largest absolute Gasteiger partial charge is 0.496 e. The van der Waals surface area contributed by atoms with Gasteiger partial charge in [0.25, 0.3) is 0 Å². The Bertz CT molecular complexity index is 796. The van der Waals surface area contributed by atoms with Crippen LogP contribution in [0, 0.1) is 0 Å². The minimum atomic E-state index is 0.485. The first-order chi connectivity index (χ1) is 12.3. The molecule has 3 aromatic rings. The van der Waals surface area contributed by atoms with Crippen molar-refractivity contribution >= 4 is 11.8 Å². The van der Waals surface area contributed by atoms with Gasteiger partial charge in [-0.2, -0.15) is 10.1 Å². The van der Waals surface area contributed by atoms with Crippen LogP contribution in [0.25, 0.3) is 0 Å². The van der Waals surface area contributed by atoms with E-state index >= 15 is 0 Å². The highest BCUT2D eigenvalue weighted by atomic mass is 16.5. The molecule has 3 rings (SSSR count). The molecular formula is C18H20N6O. The number of hydrogen-bond donors (Lipinski definition) is 2. The lowest BCUT2D eigenvalue weighted by molar-refractivity contribution is 0.410. The van der Waals surface area contributed by atoms with Gasteiger partial charge in [0.2, 0.25) is 5.95 Å². The lowest BCUT2D eigenvalue weighted by atomic mass is 10.1. The number of pyridine rings is 1. The maximum absolute atomic E-state index is 5.36. The van der Waals surface area contributed by atoms with E-state index in [4.69, 9.17) is 4.74 Å². The van der Waals surface area contributed by atoms with Crippen LogP contribution in [0.1, 0.15) is 11.1 Å². The topological polar surface area (TPSA) is 84.9 Å². The SMILES string of the molecule is COc1ccccc1CCNc1cnnc(NCc2ccncc2)n1. The van der Waals surface area contributed by atoms with E-state index in [-0.39, 0.29) is 0 Å². The molecule has 128 valence electrons. The van der Waals surface area contributed by atoms with Crippen LogP contribution in [0.2, 0.25) is 0 Å². The van der Waals surface area contributed by atoms with Crippen LogP contribution in [0.3, 0.4) is 0 Å². The Morgan fingerprint density at radius 1 is 1.04 bits per heavy atom. The number of methoxy groups -OCH3 is 1. The fourth-order valence-electron chi connectivity index (χ4n) is 2.38. The minimum Gasteiger partial charge on any atom is -0.496 e. The standard InChI is InChI=1S/C18H20N6O/c1-25-16-5-3-2-4-15(16)8-11-20-17-13-22-24-18(23-17)21-12-14-6-9-19-10-7-14/h2-7,9-10,13H,8,11-12H2,1H3,(H2,20,21,23,24). The molecule has 0 spiro atoms. The Morgan fingerprint density at radius 2 is 1.88 bits per heavy atom. The van der Waals surface area contributed by atoms with Crippen LogP contribution in [0.15, 0.2) is 55.0 Å². The molecule has 1 aromatic carbocycles. The van der Waals surface area contributed by atoms with Gasteiger partial charge in [0.15, 0.2) is 5.82 Å². The molecule has 0 saturated carbocycles. The number of nitrogens with zero attached hydrogens (tertiary/aromatic N) is 4. The van der Waals surface area contributed by atoms with Gasteiger partial charge in [-0.15, -0.1) is 5.10 Å².